The number of amides is 1. The van der Waals surface area contributed by atoms with Gasteiger partial charge in [-0.2, -0.15) is 5.10 Å². The first-order valence-electron chi connectivity index (χ1n) is 5.99. The zero-order chi connectivity index (χ0) is 13.8. The van der Waals surface area contributed by atoms with Gasteiger partial charge in [0.1, 0.15) is 6.54 Å². The molecule has 1 amide bonds. The normalized spacial score (nSPS) is 19.8. The Bertz CT molecular complexity index is 513. The van der Waals surface area contributed by atoms with Gasteiger partial charge in [-0.25, -0.2) is 5.01 Å². The van der Waals surface area contributed by atoms with Crippen molar-refractivity contribution in [3.63, 3.8) is 0 Å². The molecule has 0 radical (unpaired) electrons. The highest BCUT2D eigenvalue weighted by Gasteiger charge is 2.27. The van der Waals surface area contributed by atoms with Gasteiger partial charge < -0.3 is 10.8 Å². The lowest BCUT2D eigenvalue weighted by molar-refractivity contribution is -0.144. The highest BCUT2D eigenvalue weighted by molar-refractivity contribution is 6.02. The molecule has 1 atom stereocenters. The van der Waals surface area contributed by atoms with E-state index in [1.165, 1.54) is 0 Å². The number of carbonyl (C=O) groups is 2. The lowest BCUT2D eigenvalue weighted by Gasteiger charge is -2.16. The predicted octanol–water partition coefficient (Wildman–Crippen LogP) is 0.425. The van der Waals surface area contributed by atoms with E-state index in [1.54, 1.807) is 0 Å². The summed E-state index contributed by atoms with van der Waals surface area (Å²) in [5.74, 6) is -1.56. The monoisotopic (exact) mass is 261 g/mol. The van der Waals surface area contributed by atoms with Gasteiger partial charge in [-0.3, -0.25) is 9.59 Å². The largest absolute Gasteiger partial charge is 0.480 e. The summed E-state index contributed by atoms with van der Waals surface area (Å²) in [5.41, 5.74) is 7.29. The second-order valence-electron chi connectivity index (χ2n) is 4.35. The molecule has 0 spiro atoms. The van der Waals surface area contributed by atoms with Crippen molar-refractivity contribution in [2.24, 2.45) is 10.8 Å². The number of rotatable bonds is 3. The van der Waals surface area contributed by atoms with Crippen LogP contribution in [0.4, 0.5) is 0 Å². The second kappa shape index (κ2) is 5.62. The molecular weight excluding hydrogens is 246 g/mol. The summed E-state index contributed by atoms with van der Waals surface area (Å²) < 4.78 is 0. The number of nitrogens with two attached hydrogens (primary N) is 1. The first-order chi connectivity index (χ1) is 9.08. The zero-order valence-electron chi connectivity index (χ0n) is 10.3. The summed E-state index contributed by atoms with van der Waals surface area (Å²) >= 11 is 0. The van der Waals surface area contributed by atoms with Crippen LogP contribution in [-0.4, -0.2) is 40.3 Å². The molecule has 0 aliphatic carbocycles. The number of hydrazone groups is 1. The number of hydrogen-bond donors (Lipinski definition) is 2. The van der Waals surface area contributed by atoms with Crippen LogP contribution in [-0.2, 0) is 9.59 Å². The predicted molar refractivity (Wildman–Crippen MR) is 69.5 cm³/mol. The minimum atomic E-state index is -1.11. The molecule has 0 aromatic heterocycles. The highest BCUT2D eigenvalue weighted by atomic mass is 16.4. The Hall–Kier alpha value is -2.21. The maximum atomic E-state index is 11.9. The first kappa shape index (κ1) is 13.2. The van der Waals surface area contributed by atoms with Crippen LogP contribution in [0.1, 0.15) is 18.4 Å². The third kappa shape index (κ3) is 3.17. The van der Waals surface area contributed by atoms with E-state index in [9.17, 15) is 9.59 Å². The van der Waals surface area contributed by atoms with E-state index >= 15 is 0 Å². The molecule has 0 fully saturated rings. The molecular formula is C13H15N3O3. The molecule has 1 aliphatic rings. The quantitative estimate of drug-likeness (QED) is 0.824. The third-order valence-corrected chi connectivity index (χ3v) is 2.90. The topological polar surface area (TPSA) is 96.0 Å². The molecule has 0 saturated carbocycles. The molecule has 0 bridgehead atoms. The lowest BCUT2D eigenvalue weighted by atomic mass is 10.0. The Labute approximate surface area is 110 Å². The van der Waals surface area contributed by atoms with Crippen LogP contribution < -0.4 is 5.73 Å². The molecule has 3 N–H and O–H groups in total. The second-order valence-corrected chi connectivity index (χ2v) is 4.35. The Kier molecular flexibility index (Phi) is 3.91. The Morgan fingerprint density at radius 2 is 2.11 bits per heavy atom. The molecule has 6 nitrogen and oxygen atoms in total. The molecule has 19 heavy (non-hydrogen) atoms. The van der Waals surface area contributed by atoms with Crippen molar-refractivity contribution in [3.05, 3.63) is 35.9 Å². The SMILES string of the molecule is N[C@H]1CCC(c2ccccc2)=NN(CC(=O)O)C1=O. The smallest absolute Gasteiger partial charge is 0.325 e. The Balaban J connectivity index is 2.32. The van der Waals surface area contributed by atoms with Crippen molar-refractivity contribution in [2.75, 3.05) is 6.54 Å². The van der Waals surface area contributed by atoms with E-state index in [0.29, 0.717) is 18.6 Å². The van der Waals surface area contributed by atoms with Gasteiger partial charge in [0.25, 0.3) is 5.91 Å². The van der Waals surface area contributed by atoms with Gasteiger partial charge in [0, 0.05) is 0 Å². The summed E-state index contributed by atoms with van der Waals surface area (Å²) in [7, 11) is 0. The average Bonchev–Trinajstić information content (AvgIpc) is 2.53. The van der Waals surface area contributed by atoms with Gasteiger partial charge in [-0.05, 0) is 18.4 Å². The number of carboxylic acids is 1. The van der Waals surface area contributed by atoms with Gasteiger partial charge in [0.05, 0.1) is 11.8 Å². The minimum Gasteiger partial charge on any atom is -0.480 e. The van der Waals surface area contributed by atoms with E-state index in [2.05, 4.69) is 5.10 Å². The Morgan fingerprint density at radius 1 is 1.42 bits per heavy atom. The van der Waals surface area contributed by atoms with Crippen molar-refractivity contribution in [1.82, 2.24) is 5.01 Å². The van der Waals surface area contributed by atoms with Crippen molar-refractivity contribution in [2.45, 2.75) is 18.9 Å². The molecule has 6 heteroatoms. The van der Waals surface area contributed by atoms with Crippen LogP contribution in [0, 0.1) is 0 Å². The third-order valence-electron chi connectivity index (χ3n) is 2.90. The maximum Gasteiger partial charge on any atom is 0.325 e. The van der Waals surface area contributed by atoms with E-state index in [1.807, 2.05) is 30.3 Å². The van der Waals surface area contributed by atoms with Crippen molar-refractivity contribution < 1.29 is 14.7 Å². The molecule has 1 aromatic rings. The van der Waals surface area contributed by atoms with Crippen LogP contribution in [0.2, 0.25) is 0 Å². The standard InChI is InChI=1S/C13H15N3O3/c14-10-6-7-11(9-4-2-1-3-5-9)15-16(13(10)19)8-12(17)18/h1-5,10H,6-8,14H2,(H,17,18)/t10-/m0/s1. The molecule has 100 valence electrons. The number of carbonyl (C=O) groups excluding carboxylic acids is 1. The number of carboxylic acid groups (broad SMARTS) is 1. The van der Waals surface area contributed by atoms with Crippen molar-refractivity contribution in [1.29, 1.82) is 0 Å². The van der Waals surface area contributed by atoms with Crippen LogP contribution in [0.15, 0.2) is 35.4 Å². The fourth-order valence-corrected chi connectivity index (χ4v) is 1.93. The average molecular weight is 261 g/mol. The van der Waals surface area contributed by atoms with Crippen LogP contribution >= 0.6 is 0 Å². The van der Waals surface area contributed by atoms with Gasteiger partial charge in [0.2, 0.25) is 0 Å². The summed E-state index contributed by atoms with van der Waals surface area (Å²) in [4.78, 5) is 22.7. The van der Waals surface area contributed by atoms with Crippen molar-refractivity contribution >= 4 is 17.6 Å². The molecule has 0 saturated heterocycles. The number of nitrogens with zero attached hydrogens (tertiary/aromatic N) is 2. The summed E-state index contributed by atoms with van der Waals surface area (Å²) in [5, 5.41) is 13.9. The van der Waals surface area contributed by atoms with Crippen LogP contribution in [0.5, 0.6) is 0 Å². The molecule has 1 aromatic carbocycles. The number of benzene rings is 1. The summed E-state index contributed by atoms with van der Waals surface area (Å²) in [6.07, 6.45) is 1.01. The molecule has 1 aliphatic heterocycles. The number of aliphatic carboxylic acids is 1. The van der Waals surface area contributed by atoms with E-state index in [-0.39, 0.29) is 0 Å². The fourth-order valence-electron chi connectivity index (χ4n) is 1.93. The van der Waals surface area contributed by atoms with E-state index < -0.39 is 24.5 Å². The highest BCUT2D eigenvalue weighted by Crippen LogP contribution is 2.14. The Morgan fingerprint density at radius 3 is 2.74 bits per heavy atom. The summed E-state index contributed by atoms with van der Waals surface area (Å²) in [6.45, 7) is -0.469. The number of hydrogen-bond acceptors (Lipinski definition) is 4. The maximum absolute atomic E-state index is 11.9. The minimum absolute atomic E-state index is 0.451. The van der Waals surface area contributed by atoms with Gasteiger partial charge in [0.15, 0.2) is 0 Å². The molecule has 2 rings (SSSR count). The van der Waals surface area contributed by atoms with Crippen molar-refractivity contribution in [3.8, 4) is 0 Å². The van der Waals surface area contributed by atoms with E-state index in [4.69, 9.17) is 10.8 Å². The van der Waals surface area contributed by atoms with Crippen LogP contribution in [0.3, 0.4) is 0 Å². The van der Waals surface area contributed by atoms with Crippen LogP contribution in [0.25, 0.3) is 0 Å². The lowest BCUT2D eigenvalue weighted by Crippen LogP contribution is -2.42. The van der Waals surface area contributed by atoms with Gasteiger partial charge in [-0.1, -0.05) is 30.3 Å². The van der Waals surface area contributed by atoms with Gasteiger partial charge >= 0.3 is 5.97 Å². The first-order valence-corrected chi connectivity index (χ1v) is 5.99. The fraction of sp³-hybridized carbons (Fsp3) is 0.308. The zero-order valence-corrected chi connectivity index (χ0v) is 10.3. The molecule has 1 heterocycles. The molecule has 0 unspecified atom stereocenters. The van der Waals surface area contributed by atoms with Gasteiger partial charge in [-0.15, -0.1) is 0 Å². The summed E-state index contributed by atoms with van der Waals surface area (Å²) in [6, 6.07) is 8.66. The van der Waals surface area contributed by atoms with E-state index in [0.717, 1.165) is 10.6 Å².